The highest BCUT2D eigenvalue weighted by Crippen LogP contribution is 2.24. The van der Waals surface area contributed by atoms with E-state index in [9.17, 15) is 19.5 Å². The predicted molar refractivity (Wildman–Crippen MR) is 132 cm³/mol. The average molecular weight is 489 g/mol. The summed E-state index contributed by atoms with van der Waals surface area (Å²) in [6.45, 7) is 1.04. The Bertz CT molecular complexity index is 1230. The van der Waals surface area contributed by atoms with Gasteiger partial charge >= 0.3 is 18.0 Å². The second-order valence-corrected chi connectivity index (χ2v) is 8.74. The van der Waals surface area contributed by atoms with Crippen LogP contribution in [0.3, 0.4) is 0 Å². The van der Waals surface area contributed by atoms with E-state index in [2.05, 4.69) is 5.32 Å². The summed E-state index contributed by atoms with van der Waals surface area (Å²) in [6.07, 6.45) is 0.285. The molecule has 0 saturated carbocycles. The number of nitrogens with one attached hydrogen (secondary N) is 1. The Labute approximate surface area is 209 Å². The summed E-state index contributed by atoms with van der Waals surface area (Å²) in [7, 11) is 0. The number of aliphatic carboxylic acids is 2. The lowest BCUT2D eigenvalue weighted by molar-refractivity contribution is -0.143. The SMILES string of the molecule is O=C(O)C1Cc2ccccc2CN1.O=C(O)C1Cc2ccccc2CN1C(=O)OCc1ccccc1. The lowest BCUT2D eigenvalue weighted by Gasteiger charge is -2.33. The van der Waals surface area contributed by atoms with Gasteiger partial charge in [0.05, 0.1) is 6.54 Å². The molecule has 5 rings (SSSR count). The van der Waals surface area contributed by atoms with Crippen LogP contribution in [-0.4, -0.2) is 45.2 Å². The fourth-order valence-electron chi connectivity index (χ4n) is 4.37. The van der Waals surface area contributed by atoms with Crippen molar-refractivity contribution in [1.29, 1.82) is 0 Å². The van der Waals surface area contributed by atoms with Crippen LogP contribution < -0.4 is 5.32 Å². The number of hydrogen-bond donors (Lipinski definition) is 3. The third-order valence-electron chi connectivity index (χ3n) is 6.35. The Hall–Kier alpha value is -4.17. The molecule has 2 atom stereocenters. The van der Waals surface area contributed by atoms with E-state index < -0.39 is 30.1 Å². The molecule has 0 spiro atoms. The van der Waals surface area contributed by atoms with Crippen molar-refractivity contribution >= 4 is 18.0 Å². The normalized spacial score (nSPS) is 18.1. The molecule has 2 aliphatic heterocycles. The topological polar surface area (TPSA) is 116 Å². The molecule has 186 valence electrons. The average Bonchev–Trinajstić information content (AvgIpc) is 2.91. The van der Waals surface area contributed by atoms with Crippen LogP contribution in [0.15, 0.2) is 78.9 Å². The lowest BCUT2D eigenvalue weighted by Crippen LogP contribution is -2.48. The van der Waals surface area contributed by atoms with E-state index in [1.165, 1.54) is 10.5 Å². The van der Waals surface area contributed by atoms with Crippen LogP contribution in [0.4, 0.5) is 4.79 Å². The molecule has 0 radical (unpaired) electrons. The van der Waals surface area contributed by atoms with Gasteiger partial charge in [-0.25, -0.2) is 9.59 Å². The molecule has 0 aromatic heterocycles. The molecule has 2 aliphatic rings. The maximum Gasteiger partial charge on any atom is 0.411 e. The number of carbonyl (C=O) groups excluding carboxylic acids is 1. The molecule has 0 bridgehead atoms. The zero-order valence-corrected chi connectivity index (χ0v) is 19.7. The fourth-order valence-corrected chi connectivity index (χ4v) is 4.37. The first kappa shape index (κ1) is 24.9. The standard InChI is InChI=1S/C18H17NO4.C10H11NO2/c20-17(21)16-10-14-8-4-5-9-15(14)11-19(16)18(22)23-12-13-6-2-1-3-7-13;12-10(13)9-5-7-3-1-2-4-8(7)6-11-9/h1-9,16H,10-12H2,(H,20,21);1-4,9,11H,5-6H2,(H,12,13). The molecule has 0 fully saturated rings. The van der Waals surface area contributed by atoms with Gasteiger partial charge in [0.15, 0.2) is 0 Å². The van der Waals surface area contributed by atoms with E-state index in [0.29, 0.717) is 19.4 Å². The Morgan fingerprint density at radius 1 is 0.778 bits per heavy atom. The third-order valence-corrected chi connectivity index (χ3v) is 6.35. The molecular weight excluding hydrogens is 460 g/mol. The second-order valence-electron chi connectivity index (χ2n) is 8.74. The van der Waals surface area contributed by atoms with E-state index in [1.54, 1.807) is 0 Å². The smallest absolute Gasteiger partial charge is 0.411 e. The summed E-state index contributed by atoms with van der Waals surface area (Å²) in [5, 5.41) is 21.2. The van der Waals surface area contributed by atoms with Crippen molar-refractivity contribution in [3.05, 3.63) is 107 Å². The highest BCUT2D eigenvalue weighted by molar-refractivity contribution is 5.81. The van der Waals surface area contributed by atoms with Crippen molar-refractivity contribution in [2.24, 2.45) is 0 Å². The van der Waals surface area contributed by atoms with Crippen molar-refractivity contribution in [2.75, 3.05) is 0 Å². The molecular formula is C28H28N2O6. The largest absolute Gasteiger partial charge is 0.480 e. The first-order chi connectivity index (χ1) is 17.4. The Morgan fingerprint density at radius 2 is 1.36 bits per heavy atom. The van der Waals surface area contributed by atoms with Gasteiger partial charge in [-0.05, 0) is 34.2 Å². The summed E-state index contributed by atoms with van der Waals surface area (Å²) >= 11 is 0. The van der Waals surface area contributed by atoms with Gasteiger partial charge in [-0.2, -0.15) is 0 Å². The van der Waals surface area contributed by atoms with E-state index >= 15 is 0 Å². The van der Waals surface area contributed by atoms with Gasteiger partial charge in [-0.3, -0.25) is 9.69 Å². The van der Waals surface area contributed by atoms with Crippen LogP contribution in [0.1, 0.15) is 27.8 Å². The van der Waals surface area contributed by atoms with E-state index in [0.717, 1.165) is 22.3 Å². The van der Waals surface area contributed by atoms with Gasteiger partial charge in [-0.15, -0.1) is 0 Å². The molecule has 0 aliphatic carbocycles. The molecule has 3 aromatic rings. The Kier molecular flexibility index (Phi) is 7.97. The van der Waals surface area contributed by atoms with Gasteiger partial charge in [0.25, 0.3) is 0 Å². The van der Waals surface area contributed by atoms with Crippen LogP contribution in [0.25, 0.3) is 0 Å². The molecule has 2 heterocycles. The second kappa shape index (κ2) is 11.5. The number of nitrogens with zero attached hydrogens (tertiary/aromatic N) is 1. The first-order valence-electron chi connectivity index (χ1n) is 11.7. The molecule has 3 N–H and O–H groups in total. The third kappa shape index (κ3) is 6.09. The van der Waals surface area contributed by atoms with Crippen molar-refractivity contribution in [3.63, 3.8) is 0 Å². The summed E-state index contributed by atoms with van der Waals surface area (Å²) < 4.78 is 5.29. The highest BCUT2D eigenvalue weighted by Gasteiger charge is 2.35. The number of amides is 1. The zero-order chi connectivity index (χ0) is 25.5. The molecule has 36 heavy (non-hydrogen) atoms. The lowest BCUT2D eigenvalue weighted by atomic mass is 9.94. The molecule has 3 aromatic carbocycles. The maximum absolute atomic E-state index is 12.3. The summed E-state index contributed by atoms with van der Waals surface area (Å²) in [4.78, 5) is 35.8. The van der Waals surface area contributed by atoms with Gasteiger partial charge in [-0.1, -0.05) is 78.9 Å². The van der Waals surface area contributed by atoms with Crippen LogP contribution in [-0.2, 0) is 46.9 Å². The number of rotatable bonds is 4. The molecule has 0 saturated heterocycles. The number of fused-ring (bicyclic) bond motifs is 2. The van der Waals surface area contributed by atoms with Gasteiger partial charge in [0.1, 0.15) is 18.7 Å². The van der Waals surface area contributed by atoms with Crippen LogP contribution in [0.2, 0.25) is 0 Å². The first-order valence-corrected chi connectivity index (χ1v) is 11.7. The Morgan fingerprint density at radius 3 is 2.00 bits per heavy atom. The van der Waals surface area contributed by atoms with E-state index in [-0.39, 0.29) is 13.2 Å². The minimum Gasteiger partial charge on any atom is -0.480 e. The van der Waals surface area contributed by atoms with Crippen LogP contribution in [0, 0.1) is 0 Å². The number of carboxylic acid groups (broad SMARTS) is 2. The number of ether oxygens (including phenoxy) is 1. The van der Waals surface area contributed by atoms with Crippen molar-refractivity contribution < 1.29 is 29.3 Å². The fraction of sp³-hybridized carbons (Fsp3) is 0.250. The quantitative estimate of drug-likeness (QED) is 0.514. The molecule has 2 unspecified atom stereocenters. The van der Waals surface area contributed by atoms with Gasteiger partial charge < -0.3 is 20.3 Å². The van der Waals surface area contributed by atoms with Crippen LogP contribution in [0.5, 0.6) is 0 Å². The molecule has 8 heteroatoms. The summed E-state index contributed by atoms with van der Waals surface area (Å²) in [5.41, 5.74) is 5.15. The zero-order valence-electron chi connectivity index (χ0n) is 19.7. The molecule has 8 nitrogen and oxygen atoms in total. The van der Waals surface area contributed by atoms with E-state index in [1.807, 2.05) is 78.9 Å². The van der Waals surface area contributed by atoms with Crippen molar-refractivity contribution in [2.45, 2.75) is 44.6 Å². The highest BCUT2D eigenvalue weighted by atomic mass is 16.6. The number of carbonyl (C=O) groups is 3. The summed E-state index contributed by atoms with van der Waals surface area (Å²) in [5.74, 6) is -1.79. The molecule has 1 amide bonds. The van der Waals surface area contributed by atoms with Crippen LogP contribution >= 0.6 is 0 Å². The predicted octanol–water partition coefficient (Wildman–Crippen LogP) is 3.62. The van der Waals surface area contributed by atoms with Crippen molar-refractivity contribution in [3.8, 4) is 0 Å². The minimum absolute atomic E-state index is 0.129. The maximum atomic E-state index is 12.3. The summed E-state index contributed by atoms with van der Waals surface area (Å²) in [6, 6.07) is 23.5. The Balaban J connectivity index is 0.000000197. The number of carboxylic acids is 2. The minimum atomic E-state index is -1.02. The van der Waals surface area contributed by atoms with Crippen molar-refractivity contribution in [1.82, 2.24) is 10.2 Å². The van der Waals surface area contributed by atoms with E-state index in [4.69, 9.17) is 9.84 Å². The number of hydrogen-bond acceptors (Lipinski definition) is 5. The number of benzene rings is 3. The van der Waals surface area contributed by atoms with Gasteiger partial charge in [0, 0.05) is 13.0 Å². The van der Waals surface area contributed by atoms with Gasteiger partial charge in [0.2, 0.25) is 0 Å². The monoisotopic (exact) mass is 488 g/mol.